The number of benzene rings is 1. The van der Waals surface area contributed by atoms with Gasteiger partial charge in [0.05, 0.1) is 17.1 Å². The van der Waals surface area contributed by atoms with E-state index in [4.69, 9.17) is 0 Å². The van der Waals surface area contributed by atoms with Crippen molar-refractivity contribution in [2.24, 2.45) is 7.05 Å². The van der Waals surface area contributed by atoms with E-state index in [9.17, 15) is 9.90 Å². The van der Waals surface area contributed by atoms with Gasteiger partial charge in [-0.3, -0.25) is 4.68 Å². The van der Waals surface area contributed by atoms with Crippen molar-refractivity contribution in [3.05, 3.63) is 40.8 Å². The van der Waals surface area contributed by atoms with Crippen LogP contribution in [0.5, 0.6) is 0 Å². The van der Waals surface area contributed by atoms with Crippen molar-refractivity contribution in [3.8, 4) is 0 Å². The van der Waals surface area contributed by atoms with Gasteiger partial charge in [-0.1, -0.05) is 27.7 Å². The Hall–Kier alpha value is -1.93. The van der Waals surface area contributed by atoms with Crippen LogP contribution in [0.15, 0.2) is 45.1 Å². The number of hydrogen-bond acceptors (Lipinski definition) is 5. The van der Waals surface area contributed by atoms with Crippen LogP contribution in [-0.4, -0.2) is 30.8 Å². The van der Waals surface area contributed by atoms with Gasteiger partial charge in [0.25, 0.3) is 0 Å². The molecule has 106 valence electrons. The SMILES string of the molecule is Cn1ncc2c(Sc3cc(Br)ccc3C(=O)O)ncnc21. The number of aromatic carboxylic acids is 1. The molecule has 3 aromatic rings. The lowest BCUT2D eigenvalue weighted by molar-refractivity contribution is 0.0693. The number of aryl methyl sites for hydroxylation is 1. The fraction of sp³-hybridized carbons (Fsp3) is 0.0769. The third-order valence-corrected chi connectivity index (χ3v) is 4.44. The largest absolute Gasteiger partial charge is 0.478 e. The topological polar surface area (TPSA) is 80.9 Å². The summed E-state index contributed by atoms with van der Waals surface area (Å²) in [5.41, 5.74) is 0.943. The number of halogens is 1. The van der Waals surface area contributed by atoms with Gasteiger partial charge in [-0.25, -0.2) is 14.8 Å². The third-order valence-electron chi connectivity index (χ3n) is 2.87. The molecule has 2 heterocycles. The first-order valence-corrected chi connectivity index (χ1v) is 7.50. The van der Waals surface area contributed by atoms with Crippen LogP contribution in [0.2, 0.25) is 0 Å². The molecule has 0 spiro atoms. The number of fused-ring (bicyclic) bond motifs is 1. The Balaban J connectivity index is 2.10. The molecule has 2 aromatic heterocycles. The first-order valence-electron chi connectivity index (χ1n) is 5.89. The zero-order valence-corrected chi connectivity index (χ0v) is 13.2. The third kappa shape index (κ3) is 2.64. The normalized spacial score (nSPS) is 11.0. The zero-order valence-electron chi connectivity index (χ0n) is 10.8. The lowest BCUT2D eigenvalue weighted by Gasteiger charge is -2.06. The van der Waals surface area contributed by atoms with Crippen LogP contribution in [0.3, 0.4) is 0 Å². The molecule has 0 fully saturated rings. The molecule has 0 saturated carbocycles. The number of carboxylic acid groups (broad SMARTS) is 1. The predicted octanol–water partition coefficient (Wildman–Crippen LogP) is 2.98. The van der Waals surface area contributed by atoms with Crippen molar-refractivity contribution in [2.75, 3.05) is 0 Å². The molecule has 0 amide bonds. The maximum absolute atomic E-state index is 11.3. The molecule has 0 aliphatic rings. The maximum atomic E-state index is 11.3. The highest BCUT2D eigenvalue weighted by Gasteiger charge is 2.15. The zero-order chi connectivity index (χ0) is 15.0. The van der Waals surface area contributed by atoms with E-state index in [1.807, 2.05) is 0 Å². The first kappa shape index (κ1) is 14.0. The van der Waals surface area contributed by atoms with Crippen LogP contribution in [-0.2, 0) is 7.05 Å². The van der Waals surface area contributed by atoms with E-state index < -0.39 is 5.97 Å². The van der Waals surface area contributed by atoms with E-state index in [-0.39, 0.29) is 5.56 Å². The second-order valence-corrected chi connectivity index (χ2v) is 6.18. The van der Waals surface area contributed by atoms with Crippen molar-refractivity contribution < 1.29 is 9.90 Å². The van der Waals surface area contributed by atoms with Gasteiger partial charge in [-0.2, -0.15) is 5.10 Å². The van der Waals surface area contributed by atoms with Crippen molar-refractivity contribution >= 4 is 44.7 Å². The van der Waals surface area contributed by atoms with Gasteiger partial charge in [-0.05, 0) is 18.2 Å². The number of nitrogens with zero attached hydrogens (tertiary/aromatic N) is 4. The minimum atomic E-state index is -0.971. The molecule has 21 heavy (non-hydrogen) atoms. The average Bonchev–Trinajstić information content (AvgIpc) is 2.82. The number of rotatable bonds is 3. The monoisotopic (exact) mass is 364 g/mol. The molecule has 6 nitrogen and oxygen atoms in total. The molecule has 8 heteroatoms. The summed E-state index contributed by atoms with van der Waals surface area (Å²) in [5, 5.41) is 14.9. The van der Waals surface area contributed by atoms with Crippen LogP contribution in [0, 0.1) is 0 Å². The smallest absolute Gasteiger partial charge is 0.336 e. The molecule has 3 rings (SSSR count). The Morgan fingerprint density at radius 2 is 2.19 bits per heavy atom. The molecule has 0 aliphatic carbocycles. The highest BCUT2D eigenvalue weighted by atomic mass is 79.9. The fourth-order valence-electron chi connectivity index (χ4n) is 1.88. The van der Waals surface area contributed by atoms with Crippen LogP contribution >= 0.6 is 27.7 Å². The van der Waals surface area contributed by atoms with E-state index >= 15 is 0 Å². The van der Waals surface area contributed by atoms with Gasteiger partial charge < -0.3 is 5.11 Å². The van der Waals surface area contributed by atoms with E-state index in [2.05, 4.69) is 31.0 Å². The Morgan fingerprint density at radius 1 is 1.38 bits per heavy atom. The predicted molar refractivity (Wildman–Crippen MR) is 81.5 cm³/mol. The second kappa shape index (κ2) is 5.45. The van der Waals surface area contributed by atoms with Crippen molar-refractivity contribution in [1.82, 2.24) is 19.7 Å². The standard InChI is InChI=1S/C13H9BrN4O2S/c1-18-11-9(5-17-18)12(16-6-15-11)21-10-4-7(14)2-3-8(10)13(19)20/h2-6H,1H3,(H,19,20). The Labute approximate surface area is 132 Å². The molecule has 0 radical (unpaired) electrons. The van der Waals surface area contributed by atoms with Gasteiger partial charge in [0, 0.05) is 16.4 Å². The summed E-state index contributed by atoms with van der Waals surface area (Å²) in [6.45, 7) is 0. The molecule has 0 atom stereocenters. The number of carbonyl (C=O) groups is 1. The second-order valence-electron chi connectivity index (χ2n) is 4.23. The van der Waals surface area contributed by atoms with Crippen molar-refractivity contribution in [1.29, 1.82) is 0 Å². The molecular weight excluding hydrogens is 356 g/mol. The highest BCUT2D eigenvalue weighted by Crippen LogP contribution is 2.34. The summed E-state index contributed by atoms with van der Waals surface area (Å²) >= 11 is 4.64. The highest BCUT2D eigenvalue weighted by molar-refractivity contribution is 9.10. The van der Waals surface area contributed by atoms with E-state index in [0.717, 1.165) is 9.86 Å². The van der Waals surface area contributed by atoms with Crippen molar-refractivity contribution in [2.45, 2.75) is 9.92 Å². The molecule has 0 unspecified atom stereocenters. The van der Waals surface area contributed by atoms with Gasteiger partial charge in [0.1, 0.15) is 11.4 Å². The summed E-state index contributed by atoms with van der Waals surface area (Å²) < 4.78 is 2.46. The molecule has 0 saturated heterocycles. The number of hydrogen-bond donors (Lipinski definition) is 1. The lowest BCUT2D eigenvalue weighted by atomic mass is 10.2. The van der Waals surface area contributed by atoms with Gasteiger partial charge >= 0.3 is 5.97 Å². The molecule has 0 aliphatic heterocycles. The quantitative estimate of drug-likeness (QED) is 0.719. The first-order chi connectivity index (χ1) is 10.1. The average molecular weight is 365 g/mol. The van der Waals surface area contributed by atoms with E-state index in [0.29, 0.717) is 15.6 Å². The maximum Gasteiger partial charge on any atom is 0.336 e. The molecule has 1 N–H and O–H groups in total. The number of carboxylic acids is 1. The lowest BCUT2D eigenvalue weighted by Crippen LogP contribution is -1.99. The summed E-state index contributed by atoms with van der Waals surface area (Å²) in [6.07, 6.45) is 3.13. The molecule has 1 aromatic carbocycles. The van der Waals surface area contributed by atoms with Gasteiger partial charge in [-0.15, -0.1) is 0 Å². The number of aromatic nitrogens is 4. The molecule has 0 bridgehead atoms. The van der Waals surface area contributed by atoms with Crippen LogP contribution < -0.4 is 0 Å². The van der Waals surface area contributed by atoms with Crippen LogP contribution in [0.25, 0.3) is 11.0 Å². The van der Waals surface area contributed by atoms with E-state index in [1.54, 1.807) is 36.1 Å². The molecular formula is C13H9BrN4O2S. The Bertz CT molecular complexity index is 849. The van der Waals surface area contributed by atoms with Crippen LogP contribution in [0.4, 0.5) is 0 Å². The fourth-order valence-corrected chi connectivity index (χ4v) is 3.41. The van der Waals surface area contributed by atoms with E-state index in [1.165, 1.54) is 18.1 Å². The summed E-state index contributed by atoms with van der Waals surface area (Å²) in [4.78, 5) is 20.3. The minimum absolute atomic E-state index is 0.235. The minimum Gasteiger partial charge on any atom is -0.478 e. The summed E-state index contributed by atoms with van der Waals surface area (Å²) in [5.74, 6) is -0.971. The van der Waals surface area contributed by atoms with Gasteiger partial charge in [0.15, 0.2) is 5.65 Å². The Morgan fingerprint density at radius 3 is 2.95 bits per heavy atom. The Kier molecular flexibility index (Phi) is 3.64. The summed E-state index contributed by atoms with van der Waals surface area (Å²) in [7, 11) is 1.80. The van der Waals surface area contributed by atoms with Crippen LogP contribution in [0.1, 0.15) is 10.4 Å². The van der Waals surface area contributed by atoms with Crippen molar-refractivity contribution in [3.63, 3.8) is 0 Å². The van der Waals surface area contributed by atoms with Gasteiger partial charge in [0.2, 0.25) is 0 Å². The summed E-state index contributed by atoms with van der Waals surface area (Å²) in [6, 6.07) is 5.03.